The van der Waals surface area contributed by atoms with Crippen LogP contribution in [0, 0.1) is 10.8 Å². The molecule has 1 N–H and O–H groups in total. The van der Waals surface area contributed by atoms with E-state index in [2.05, 4.69) is 45.9 Å². The molecule has 0 amide bonds. The Labute approximate surface area is 167 Å². The van der Waals surface area contributed by atoms with Crippen molar-refractivity contribution in [2.45, 2.75) is 65.6 Å². The molecule has 1 saturated heterocycles. The zero-order valence-electron chi connectivity index (χ0n) is 16.6. The number of aliphatic hydroxyl groups is 1. The molecule has 0 saturated carbocycles. The predicted octanol–water partition coefficient (Wildman–Crippen LogP) is 5.56. The van der Waals surface area contributed by atoms with E-state index in [9.17, 15) is 9.90 Å². The van der Waals surface area contributed by atoms with Crippen LogP contribution in [0.3, 0.4) is 0 Å². The van der Waals surface area contributed by atoms with Gasteiger partial charge in [-0.1, -0.05) is 57.5 Å². The molecule has 0 bridgehead atoms. The first-order valence-corrected chi connectivity index (χ1v) is 9.99. The first-order chi connectivity index (χ1) is 12.6. The molecular weight excluding hydrogens is 360 g/mol. The monoisotopic (exact) mass is 388 g/mol. The minimum atomic E-state index is -0.621. The average Bonchev–Trinajstić information content (AvgIpc) is 2.51. The van der Waals surface area contributed by atoms with Gasteiger partial charge in [-0.05, 0) is 58.6 Å². The third kappa shape index (κ3) is 4.83. The number of halogens is 1. The van der Waals surface area contributed by atoms with Crippen LogP contribution in [0.15, 0.2) is 42.0 Å². The zero-order chi connectivity index (χ0) is 19.8. The molecule has 3 rings (SSSR count). The van der Waals surface area contributed by atoms with Crippen LogP contribution in [0.4, 0.5) is 0 Å². The third-order valence-electron chi connectivity index (χ3n) is 5.49. The van der Waals surface area contributed by atoms with Gasteiger partial charge in [0.05, 0.1) is 12.5 Å². The molecule has 2 atom stereocenters. The minimum Gasteiger partial charge on any atom is -0.458 e. The van der Waals surface area contributed by atoms with Crippen LogP contribution in [0.1, 0.15) is 58.9 Å². The van der Waals surface area contributed by atoms with Crippen molar-refractivity contribution in [1.29, 1.82) is 0 Å². The van der Waals surface area contributed by atoms with E-state index in [4.69, 9.17) is 16.3 Å². The maximum absolute atomic E-state index is 11.6. The van der Waals surface area contributed by atoms with Crippen molar-refractivity contribution in [3.05, 3.63) is 52.6 Å². The fourth-order valence-electron chi connectivity index (χ4n) is 4.70. The Balaban J connectivity index is 2.00. The number of esters is 1. The molecule has 2 aliphatic rings. The van der Waals surface area contributed by atoms with E-state index in [1.807, 2.05) is 18.2 Å². The van der Waals surface area contributed by atoms with Gasteiger partial charge in [-0.2, -0.15) is 0 Å². The number of cyclic esters (lactones) is 1. The SMILES string of the molecule is CC1(C)CC(c2ccc(Cl)cc2)=C(C=C[C@H]2C[C@H](O)CC(=O)O2)C(C)(C)C1. The highest BCUT2D eigenvalue weighted by Crippen LogP contribution is 2.52. The topological polar surface area (TPSA) is 46.5 Å². The second-order valence-corrected chi connectivity index (χ2v) is 9.72. The lowest BCUT2D eigenvalue weighted by Crippen LogP contribution is -2.32. The number of carbonyl (C=O) groups excluding carboxylic acids is 1. The summed E-state index contributed by atoms with van der Waals surface area (Å²) in [6, 6.07) is 8.01. The van der Waals surface area contributed by atoms with Gasteiger partial charge < -0.3 is 9.84 Å². The van der Waals surface area contributed by atoms with Gasteiger partial charge in [0.15, 0.2) is 0 Å². The van der Waals surface area contributed by atoms with E-state index in [0.717, 1.165) is 17.9 Å². The molecule has 0 radical (unpaired) electrons. The lowest BCUT2D eigenvalue weighted by atomic mass is 9.61. The number of aliphatic hydroxyl groups excluding tert-OH is 1. The highest BCUT2D eigenvalue weighted by Gasteiger charge is 2.38. The Morgan fingerprint density at radius 1 is 1.19 bits per heavy atom. The van der Waals surface area contributed by atoms with Crippen LogP contribution in [-0.4, -0.2) is 23.3 Å². The van der Waals surface area contributed by atoms with Crippen molar-refractivity contribution in [2.24, 2.45) is 10.8 Å². The normalized spacial score (nSPS) is 27.7. The van der Waals surface area contributed by atoms with Gasteiger partial charge in [-0.25, -0.2) is 0 Å². The lowest BCUT2D eigenvalue weighted by Gasteiger charge is -2.43. The molecule has 146 valence electrons. The molecule has 0 unspecified atom stereocenters. The lowest BCUT2D eigenvalue weighted by molar-refractivity contribution is -0.156. The minimum absolute atomic E-state index is 0.00941. The second-order valence-electron chi connectivity index (χ2n) is 9.28. The summed E-state index contributed by atoms with van der Waals surface area (Å²) in [5, 5.41) is 10.6. The Hall–Kier alpha value is -1.58. The summed E-state index contributed by atoms with van der Waals surface area (Å²) in [6.45, 7) is 9.16. The molecule has 27 heavy (non-hydrogen) atoms. The summed E-state index contributed by atoms with van der Waals surface area (Å²) in [6.07, 6.45) is 5.64. The first kappa shape index (κ1) is 20.2. The Bertz CT molecular complexity index is 771. The number of rotatable bonds is 3. The maximum atomic E-state index is 11.6. The number of benzene rings is 1. The first-order valence-electron chi connectivity index (χ1n) is 9.61. The molecule has 1 aliphatic carbocycles. The Morgan fingerprint density at radius 3 is 2.48 bits per heavy atom. The quantitative estimate of drug-likeness (QED) is 0.689. The summed E-state index contributed by atoms with van der Waals surface area (Å²) in [7, 11) is 0. The van der Waals surface area contributed by atoms with Crippen molar-refractivity contribution in [1.82, 2.24) is 0 Å². The van der Waals surface area contributed by atoms with Gasteiger partial charge in [0, 0.05) is 11.4 Å². The van der Waals surface area contributed by atoms with Crippen LogP contribution in [-0.2, 0) is 9.53 Å². The van der Waals surface area contributed by atoms with Gasteiger partial charge in [-0.3, -0.25) is 4.79 Å². The van der Waals surface area contributed by atoms with Crippen molar-refractivity contribution < 1.29 is 14.6 Å². The third-order valence-corrected chi connectivity index (χ3v) is 5.74. The highest BCUT2D eigenvalue weighted by molar-refractivity contribution is 6.30. The van der Waals surface area contributed by atoms with E-state index in [-0.39, 0.29) is 29.3 Å². The van der Waals surface area contributed by atoms with Crippen molar-refractivity contribution in [3.8, 4) is 0 Å². The van der Waals surface area contributed by atoms with Crippen LogP contribution in [0.5, 0.6) is 0 Å². The summed E-state index contributed by atoms with van der Waals surface area (Å²) in [5.41, 5.74) is 3.95. The summed E-state index contributed by atoms with van der Waals surface area (Å²) in [5.74, 6) is -0.334. The largest absolute Gasteiger partial charge is 0.458 e. The standard InChI is InChI=1S/C23H29ClO3/c1-22(2)13-19(15-5-7-16(24)8-6-15)20(23(3,4)14-22)10-9-18-11-17(25)12-21(26)27-18/h5-10,17-18,25H,11-14H2,1-4H3/t17-,18-/m0/s1. The number of hydrogen-bond donors (Lipinski definition) is 1. The average molecular weight is 389 g/mol. The van der Waals surface area contributed by atoms with E-state index in [1.54, 1.807) is 0 Å². The molecule has 1 aromatic rings. The van der Waals surface area contributed by atoms with E-state index < -0.39 is 6.10 Å². The number of ether oxygens (including phenoxy) is 1. The Kier molecular flexibility index (Phi) is 5.56. The summed E-state index contributed by atoms with van der Waals surface area (Å²) in [4.78, 5) is 11.6. The Morgan fingerprint density at radius 2 is 1.85 bits per heavy atom. The molecular formula is C23H29ClO3. The summed E-state index contributed by atoms with van der Waals surface area (Å²) < 4.78 is 5.39. The fraction of sp³-hybridized carbons (Fsp3) is 0.522. The van der Waals surface area contributed by atoms with Crippen molar-refractivity contribution >= 4 is 23.1 Å². The van der Waals surface area contributed by atoms with Crippen LogP contribution in [0.25, 0.3) is 5.57 Å². The number of hydrogen-bond acceptors (Lipinski definition) is 3. The van der Waals surface area contributed by atoms with Gasteiger partial charge in [0.25, 0.3) is 0 Å². The van der Waals surface area contributed by atoms with E-state index in [1.165, 1.54) is 16.7 Å². The molecule has 1 aromatic carbocycles. The van der Waals surface area contributed by atoms with Crippen LogP contribution >= 0.6 is 11.6 Å². The van der Waals surface area contributed by atoms with Crippen molar-refractivity contribution in [3.63, 3.8) is 0 Å². The van der Waals surface area contributed by atoms with E-state index >= 15 is 0 Å². The van der Waals surface area contributed by atoms with Gasteiger partial charge in [0.2, 0.25) is 0 Å². The van der Waals surface area contributed by atoms with E-state index in [0.29, 0.717) is 6.42 Å². The molecule has 1 heterocycles. The second kappa shape index (κ2) is 7.44. The predicted molar refractivity (Wildman–Crippen MR) is 109 cm³/mol. The van der Waals surface area contributed by atoms with Crippen LogP contribution in [0.2, 0.25) is 5.02 Å². The molecule has 0 spiro atoms. The van der Waals surface area contributed by atoms with Crippen LogP contribution < -0.4 is 0 Å². The number of allylic oxidation sites excluding steroid dienone is 3. The molecule has 3 nitrogen and oxygen atoms in total. The summed E-state index contributed by atoms with van der Waals surface area (Å²) >= 11 is 6.09. The van der Waals surface area contributed by atoms with Gasteiger partial charge >= 0.3 is 5.97 Å². The van der Waals surface area contributed by atoms with Crippen molar-refractivity contribution in [2.75, 3.05) is 0 Å². The zero-order valence-corrected chi connectivity index (χ0v) is 17.3. The highest BCUT2D eigenvalue weighted by atomic mass is 35.5. The molecule has 4 heteroatoms. The molecule has 0 aromatic heterocycles. The van der Waals surface area contributed by atoms with Gasteiger partial charge in [-0.15, -0.1) is 0 Å². The number of carbonyl (C=O) groups is 1. The maximum Gasteiger partial charge on any atom is 0.309 e. The smallest absolute Gasteiger partial charge is 0.309 e. The fourth-order valence-corrected chi connectivity index (χ4v) is 4.83. The van der Waals surface area contributed by atoms with Gasteiger partial charge in [0.1, 0.15) is 6.10 Å². The molecule has 1 aliphatic heterocycles. The molecule has 1 fully saturated rings.